The zero-order valence-corrected chi connectivity index (χ0v) is 11.1. The maximum absolute atomic E-state index is 5.25. The Morgan fingerprint density at radius 2 is 1.89 bits per heavy atom. The lowest BCUT2D eigenvalue weighted by molar-refractivity contribution is 0.221. The Bertz CT molecular complexity index is 457. The third kappa shape index (κ3) is 4.37. The van der Waals surface area contributed by atoms with Gasteiger partial charge in [0.25, 0.3) is 0 Å². The molecule has 102 valence electrons. The Morgan fingerprint density at radius 1 is 1.16 bits per heavy atom. The van der Waals surface area contributed by atoms with Crippen LogP contribution >= 0.6 is 0 Å². The van der Waals surface area contributed by atoms with Crippen molar-refractivity contribution in [2.24, 2.45) is 21.7 Å². The molecule has 0 amide bonds. The third-order valence-electron chi connectivity index (χ3n) is 3.27. The van der Waals surface area contributed by atoms with Gasteiger partial charge < -0.3 is 11.5 Å². The fourth-order valence-electron chi connectivity index (χ4n) is 2.32. The van der Waals surface area contributed by atoms with E-state index in [4.69, 9.17) is 11.5 Å². The highest BCUT2D eigenvalue weighted by Crippen LogP contribution is 2.15. The molecule has 1 fully saturated rings. The average Bonchev–Trinajstić information content (AvgIpc) is 2.41. The molecule has 5 nitrogen and oxygen atoms in total. The van der Waals surface area contributed by atoms with Crippen LogP contribution in [0.1, 0.15) is 30.4 Å². The van der Waals surface area contributed by atoms with Crippen molar-refractivity contribution in [2.75, 3.05) is 13.1 Å². The quantitative estimate of drug-likeness (QED) is 0.485. The van der Waals surface area contributed by atoms with E-state index < -0.39 is 0 Å². The second-order valence-electron chi connectivity index (χ2n) is 4.81. The molecule has 2 rings (SSSR count). The van der Waals surface area contributed by atoms with E-state index >= 15 is 0 Å². The maximum atomic E-state index is 5.25. The number of benzene rings is 1. The number of likely N-dealkylation sites (tertiary alicyclic amines) is 1. The molecule has 1 aromatic rings. The van der Waals surface area contributed by atoms with Crippen LogP contribution in [0, 0.1) is 0 Å². The minimum Gasteiger partial charge on any atom is -0.369 e. The van der Waals surface area contributed by atoms with Gasteiger partial charge in [-0.3, -0.25) is 4.90 Å². The molecule has 5 heteroatoms. The maximum Gasteiger partial charge on any atom is 0.211 e. The van der Waals surface area contributed by atoms with E-state index in [-0.39, 0.29) is 5.96 Å². The molecular weight excluding hydrogens is 238 g/mol. The standard InChI is InChI=1S/C14H21N5/c15-14(16)18-17-10-12-6-2-3-7-13(12)11-19-8-4-1-5-9-19/h2-3,6-7,10H,1,4-5,8-9,11H2,(H4,15,16,18). The van der Waals surface area contributed by atoms with Crippen molar-refractivity contribution >= 4 is 12.2 Å². The van der Waals surface area contributed by atoms with Crippen molar-refractivity contribution < 1.29 is 0 Å². The lowest BCUT2D eigenvalue weighted by Crippen LogP contribution is -2.29. The summed E-state index contributed by atoms with van der Waals surface area (Å²) >= 11 is 0. The van der Waals surface area contributed by atoms with E-state index in [2.05, 4.69) is 27.2 Å². The van der Waals surface area contributed by atoms with Gasteiger partial charge in [0, 0.05) is 6.54 Å². The first kappa shape index (κ1) is 13.5. The first-order chi connectivity index (χ1) is 9.25. The molecule has 1 aliphatic rings. The van der Waals surface area contributed by atoms with Crippen molar-refractivity contribution in [1.82, 2.24) is 4.90 Å². The largest absolute Gasteiger partial charge is 0.369 e. The van der Waals surface area contributed by atoms with Crippen LogP contribution in [0.5, 0.6) is 0 Å². The smallest absolute Gasteiger partial charge is 0.211 e. The molecule has 1 heterocycles. The molecule has 0 bridgehead atoms. The Kier molecular flexibility index (Phi) is 4.92. The summed E-state index contributed by atoms with van der Waals surface area (Å²) in [5, 5.41) is 7.53. The van der Waals surface area contributed by atoms with E-state index in [0.29, 0.717) is 0 Å². The van der Waals surface area contributed by atoms with Crippen LogP contribution < -0.4 is 11.5 Å². The zero-order chi connectivity index (χ0) is 13.5. The first-order valence-electron chi connectivity index (χ1n) is 6.68. The molecule has 0 atom stereocenters. The van der Waals surface area contributed by atoms with Crippen LogP contribution in [0.25, 0.3) is 0 Å². The summed E-state index contributed by atoms with van der Waals surface area (Å²) in [5.41, 5.74) is 12.8. The number of piperidine rings is 1. The van der Waals surface area contributed by atoms with E-state index in [0.717, 1.165) is 12.1 Å². The number of guanidine groups is 1. The van der Waals surface area contributed by atoms with E-state index in [1.54, 1.807) is 6.21 Å². The number of hydrogen-bond acceptors (Lipinski definition) is 3. The monoisotopic (exact) mass is 259 g/mol. The van der Waals surface area contributed by atoms with Gasteiger partial charge in [0.15, 0.2) is 0 Å². The van der Waals surface area contributed by atoms with E-state index in [1.807, 2.05) is 12.1 Å². The number of nitrogens with zero attached hydrogens (tertiary/aromatic N) is 3. The van der Waals surface area contributed by atoms with Crippen molar-refractivity contribution in [2.45, 2.75) is 25.8 Å². The lowest BCUT2D eigenvalue weighted by Gasteiger charge is -2.26. The molecule has 0 radical (unpaired) electrons. The first-order valence-corrected chi connectivity index (χ1v) is 6.68. The van der Waals surface area contributed by atoms with Crippen LogP contribution in [0.2, 0.25) is 0 Å². The van der Waals surface area contributed by atoms with Gasteiger partial charge in [-0.15, -0.1) is 5.10 Å². The second kappa shape index (κ2) is 6.89. The molecule has 1 saturated heterocycles. The van der Waals surface area contributed by atoms with Gasteiger partial charge >= 0.3 is 0 Å². The molecule has 4 N–H and O–H groups in total. The van der Waals surface area contributed by atoms with Gasteiger partial charge in [0.2, 0.25) is 5.96 Å². The van der Waals surface area contributed by atoms with Gasteiger partial charge in [-0.1, -0.05) is 30.7 Å². The topological polar surface area (TPSA) is 80.0 Å². The van der Waals surface area contributed by atoms with Crippen molar-refractivity contribution in [3.05, 3.63) is 35.4 Å². The predicted molar refractivity (Wildman–Crippen MR) is 79.0 cm³/mol. The number of hydrogen-bond donors (Lipinski definition) is 2. The summed E-state index contributed by atoms with van der Waals surface area (Å²) in [7, 11) is 0. The van der Waals surface area contributed by atoms with Crippen molar-refractivity contribution in [1.29, 1.82) is 0 Å². The van der Waals surface area contributed by atoms with Crippen molar-refractivity contribution in [3.63, 3.8) is 0 Å². The summed E-state index contributed by atoms with van der Waals surface area (Å²) in [5.74, 6) is -0.0234. The third-order valence-corrected chi connectivity index (χ3v) is 3.27. The van der Waals surface area contributed by atoms with Gasteiger partial charge in [-0.2, -0.15) is 5.10 Å². The fraction of sp³-hybridized carbons (Fsp3) is 0.429. The van der Waals surface area contributed by atoms with Gasteiger partial charge in [-0.05, 0) is 37.1 Å². The molecule has 19 heavy (non-hydrogen) atoms. The molecule has 0 aromatic heterocycles. The second-order valence-corrected chi connectivity index (χ2v) is 4.81. The Balaban J connectivity index is 2.07. The van der Waals surface area contributed by atoms with Gasteiger partial charge in [0.1, 0.15) is 0 Å². The minimum atomic E-state index is -0.0234. The molecule has 0 unspecified atom stereocenters. The fourth-order valence-corrected chi connectivity index (χ4v) is 2.32. The van der Waals surface area contributed by atoms with Crippen LogP contribution in [-0.2, 0) is 6.54 Å². The Labute approximate surface area is 114 Å². The van der Waals surface area contributed by atoms with Gasteiger partial charge in [-0.25, -0.2) is 0 Å². The Morgan fingerprint density at radius 3 is 2.63 bits per heavy atom. The van der Waals surface area contributed by atoms with Crippen LogP contribution in [0.4, 0.5) is 0 Å². The normalized spacial score (nSPS) is 16.6. The highest BCUT2D eigenvalue weighted by Gasteiger charge is 2.11. The molecule has 0 spiro atoms. The SMILES string of the molecule is NC(N)=NN=Cc1ccccc1CN1CCCCC1. The summed E-state index contributed by atoms with van der Waals surface area (Å²) in [6, 6.07) is 8.21. The predicted octanol–water partition coefficient (Wildman–Crippen LogP) is 1.28. The zero-order valence-electron chi connectivity index (χ0n) is 11.1. The van der Waals surface area contributed by atoms with Crippen LogP contribution in [-0.4, -0.2) is 30.2 Å². The lowest BCUT2D eigenvalue weighted by atomic mass is 10.1. The molecule has 1 aromatic carbocycles. The summed E-state index contributed by atoms with van der Waals surface area (Å²) < 4.78 is 0. The minimum absolute atomic E-state index is 0.0234. The molecule has 1 aliphatic heterocycles. The van der Waals surface area contributed by atoms with Crippen molar-refractivity contribution in [3.8, 4) is 0 Å². The summed E-state index contributed by atoms with van der Waals surface area (Å²) in [4.78, 5) is 2.48. The number of rotatable bonds is 4. The molecule has 0 aliphatic carbocycles. The highest BCUT2D eigenvalue weighted by molar-refractivity contribution is 5.83. The number of nitrogens with two attached hydrogens (primary N) is 2. The Hall–Kier alpha value is -1.88. The molecule has 0 saturated carbocycles. The van der Waals surface area contributed by atoms with E-state index in [1.165, 1.54) is 37.9 Å². The van der Waals surface area contributed by atoms with Gasteiger partial charge in [0.05, 0.1) is 6.21 Å². The van der Waals surface area contributed by atoms with Crippen LogP contribution in [0.3, 0.4) is 0 Å². The van der Waals surface area contributed by atoms with E-state index in [9.17, 15) is 0 Å². The average molecular weight is 259 g/mol. The van der Waals surface area contributed by atoms with Crippen LogP contribution in [0.15, 0.2) is 34.5 Å². The summed E-state index contributed by atoms with van der Waals surface area (Å²) in [6.45, 7) is 3.32. The molecular formula is C14H21N5. The highest BCUT2D eigenvalue weighted by atomic mass is 15.3. The summed E-state index contributed by atoms with van der Waals surface area (Å²) in [6.07, 6.45) is 5.65.